The lowest BCUT2D eigenvalue weighted by Crippen LogP contribution is -2.41. The van der Waals surface area contributed by atoms with Crippen molar-refractivity contribution < 1.29 is 0 Å². The van der Waals surface area contributed by atoms with E-state index in [2.05, 4.69) is 33.2 Å². The second kappa shape index (κ2) is 8.11. The van der Waals surface area contributed by atoms with Crippen LogP contribution in [0, 0.1) is 5.41 Å². The highest BCUT2D eigenvalue weighted by atomic mass is 15.3. The van der Waals surface area contributed by atoms with Gasteiger partial charge in [0.25, 0.3) is 0 Å². The number of rotatable bonds is 4. The fraction of sp³-hybridized carbons (Fsp3) is 0.571. The zero-order valence-corrected chi connectivity index (χ0v) is 16.3. The molecule has 1 aliphatic carbocycles. The van der Waals surface area contributed by atoms with E-state index in [0.29, 0.717) is 12.0 Å². The summed E-state index contributed by atoms with van der Waals surface area (Å²) < 4.78 is 1.92. The second-order valence-electron chi connectivity index (χ2n) is 7.89. The smallest absolute Gasteiger partial charge is 0.194 e. The number of nitrogens with one attached hydrogen (secondary N) is 1. The summed E-state index contributed by atoms with van der Waals surface area (Å²) in [4.78, 5) is 16.0. The SMILES string of the molecule is CCNC(=NCc1ccnc(-n2ccnc2)c1)N1CCC2(CCCCC2)C1. The van der Waals surface area contributed by atoms with Crippen LogP contribution in [0.1, 0.15) is 51.0 Å². The van der Waals surface area contributed by atoms with Gasteiger partial charge in [0.05, 0.1) is 6.54 Å². The first-order valence-electron chi connectivity index (χ1n) is 10.2. The maximum Gasteiger partial charge on any atom is 0.194 e. The molecule has 0 bridgehead atoms. The van der Waals surface area contributed by atoms with E-state index in [1.165, 1.54) is 38.5 Å². The lowest BCUT2D eigenvalue weighted by Gasteiger charge is -2.33. The summed E-state index contributed by atoms with van der Waals surface area (Å²) in [5.74, 6) is 1.94. The molecule has 1 spiro atoms. The van der Waals surface area contributed by atoms with E-state index in [1.807, 2.05) is 23.0 Å². The number of hydrogen-bond acceptors (Lipinski definition) is 3. The van der Waals surface area contributed by atoms with Gasteiger partial charge in [0.1, 0.15) is 12.1 Å². The van der Waals surface area contributed by atoms with E-state index in [0.717, 1.165) is 37.0 Å². The highest BCUT2D eigenvalue weighted by Gasteiger charge is 2.39. The van der Waals surface area contributed by atoms with Gasteiger partial charge in [-0.05, 0) is 49.3 Å². The van der Waals surface area contributed by atoms with Crippen LogP contribution in [0.2, 0.25) is 0 Å². The van der Waals surface area contributed by atoms with E-state index in [1.54, 1.807) is 12.5 Å². The summed E-state index contributed by atoms with van der Waals surface area (Å²) >= 11 is 0. The van der Waals surface area contributed by atoms with Gasteiger partial charge >= 0.3 is 0 Å². The van der Waals surface area contributed by atoms with E-state index < -0.39 is 0 Å². The zero-order valence-electron chi connectivity index (χ0n) is 16.3. The lowest BCUT2D eigenvalue weighted by atomic mass is 9.73. The van der Waals surface area contributed by atoms with Crippen molar-refractivity contribution in [1.29, 1.82) is 0 Å². The molecular formula is C21H30N6. The Morgan fingerprint density at radius 2 is 2.11 bits per heavy atom. The summed E-state index contributed by atoms with van der Waals surface area (Å²) in [7, 11) is 0. The molecule has 4 rings (SSSR count). The molecule has 1 saturated carbocycles. The average molecular weight is 367 g/mol. The molecule has 0 aromatic carbocycles. The van der Waals surface area contributed by atoms with Crippen molar-refractivity contribution >= 4 is 5.96 Å². The highest BCUT2D eigenvalue weighted by molar-refractivity contribution is 5.80. The molecule has 144 valence electrons. The maximum atomic E-state index is 4.94. The number of nitrogens with zero attached hydrogens (tertiary/aromatic N) is 5. The van der Waals surface area contributed by atoms with Crippen LogP contribution in [-0.4, -0.2) is 45.0 Å². The van der Waals surface area contributed by atoms with Crippen LogP contribution < -0.4 is 5.32 Å². The van der Waals surface area contributed by atoms with Crippen molar-refractivity contribution in [2.75, 3.05) is 19.6 Å². The summed E-state index contributed by atoms with van der Waals surface area (Å²) in [6, 6.07) is 4.13. The Kier molecular flexibility index (Phi) is 5.41. The first kappa shape index (κ1) is 18.0. The lowest BCUT2D eigenvalue weighted by molar-refractivity contribution is 0.203. The van der Waals surface area contributed by atoms with Crippen molar-refractivity contribution in [3.05, 3.63) is 42.6 Å². The van der Waals surface area contributed by atoms with Crippen molar-refractivity contribution in [3.63, 3.8) is 0 Å². The molecule has 1 aliphatic heterocycles. The predicted octanol–water partition coefficient (Wildman–Crippen LogP) is 3.39. The molecule has 2 aromatic rings. The van der Waals surface area contributed by atoms with Gasteiger partial charge < -0.3 is 10.2 Å². The Bertz CT molecular complexity index is 761. The Hall–Kier alpha value is -2.37. The van der Waals surface area contributed by atoms with Crippen LogP contribution in [0.5, 0.6) is 0 Å². The topological polar surface area (TPSA) is 58.3 Å². The van der Waals surface area contributed by atoms with Crippen LogP contribution >= 0.6 is 0 Å². The molecule has 0 atom stereocenters. The number of pyridine rings is 1. The predicted molar refractivity (Wildman–Crippen MR) is 108 cm³/mol. The van der Waals surface area contributed by atoms with Gasteiger partial charge in [0.2, 0.25) is 0 Å². The molecule has 3 heterocycles. The highest BCUT2D eigenvalue weighted by Crippen LogP contribution is 2.43. The van der Waals surface area contributed by atoms with Gasteiger partial charge in [0.15, 0.2) is 5.96 Å². The number of likely N-dealkylation sites (tertiary alicyclic amines) is 1. The first-order valence-corrected chi connectivity index (χ1v) is 10.2. The van der Waals surface area contributed by atoms with E-state index in [-0.39, 0.29) is 0 Å². The van der Waals surface area contributed by atoms with Crippen LogP contribution in [-0.2, 0) is 6.54 Å². The van der Waals surface area contributed by atoms with Gasteiger partial charge in [-0.25, -0.2) is 15.0 Å². The third-order valence-electron chi connectivity index (χ3n) is 5.98. The molecule has 6 heteroatoms. The molecule has 2 aromatic heterocycles. The Morgan fingerprint density at radius 1 is 1.22 bits per heavy atom. The molecule has 1 saturated heterocycles. The third kappa shape index (κ3) is 4.15. The maximum absolute atomic E-state index is 4.94. The van der Waals surface area contributed by atoms with Gasteiger partial charge in [-0.15, -0.1) is 0 Å². The molecular weight excluding hydrogens is 336 g/mol. The minimum atomic E-state index is 0.541. The van der Waals surface area contributed by atoms with Crippen molar-refractivity contribution in [2.45, 2.75) is 52.0 Å². The van der Waals surface area contributed by atoms with E-state index in [9.17, 15) is 0 Å². The Morgan fingerprint density at radius 3 is 2.89 bits per heavy atom. The summed E-state index contributed by atoms with van der Waals surface area (Å²) in [5, 5.41) is 3.50. The van der Waals surface area contributed by atoms with Crippen LogP contribution in [0.15, 0.2) is 42.0 Å². The molecule has 1 N–H and O–H groups in total. The van der Waals surface area contributed by atoms with Crippen LogP contribution in [0.25, 0.3) is 5.82 Å². The van der Waals surface area contributed by atoms with E-state index >= 15 is 0 Å². The van der Waals surface area contributed by atoms with E-state index in [4.69, 9.17) is 4.99 Å². The van der Waals surface area contributed by atoms with Gasteiger partial charge in [-0.3, -0.25) is 4.57 Å². The fourth-order valence-electron chi connectivity index (χ4n) is 4.51. The fourth-order valence-corrected chi connectivity index (χ4v) is 4.51. The second-order valence-corrected chi connectivity index (χ2v) is 7.89. The first-order chi connectivity index (χ1) is 13.3. The Balaban J connectivity index is 1.46. The van der Waals surface area contributed by atoms with Gasteiger partial charge in [0, 0.05) is 38.2 Å². The van der Waals surface area contributed by atoms with Gasteiger partial charge in [-0.1, -0.05) is 19.3 Å². The average Bonchev–Trinajstić information content (AvgIpc) is 3.37. The standard InChI is InChI=1S/C21H30N6/c1-2-23-20(26-12-9-21(16-26)7-4-3-5-8-21)25-15-18-6-10-24-19(14-18)27-13-11-22-17-27/h6,10-11,13-14,17H,2-5,7-9,12,15-16H2,1H3,(H,23,25). The molecule has 6 nitrogen and oxygen atoms in total. The number of guanidine groups is 1. The monoisotopic (exact) mass is 366 g/mol. The van der Waals surface area contributed by atoms with Crippen molar-refractivity contribution in [1.82, 2.24) is 24.8 Å². The normalized spacial score (nSPS) is 19.6. The number of hydrogen-bond donors (Lipinski definition) is 1. The largest absolute Gasteiger partial charge is 0.357 e. The number of aliphatic imine (C=N–C) groups is 1. The molecule has 2 aliphatic rings. The summed E-state index contributed by atoms with van der Waals surface area (Å²) in [6.07, 6.45) is 15.6. The molecule has 0 amide bonds. The molecule has 27 heavy (non-hydrogen) atoms. The van der Waals surface area contributed by atoms with Crippen LogP contribution in [0.3, 0.4) is 0 Å². The minimum Gasteiger partial charge on any atom is -0.357 e. The van der Waals surface area contributed by atoms with Crippen molar-refractivity contribution in [3.8, 4) is 5.82 Å². The van der Waals surface area contributed by atoms with Crippen molar-refractivity contribution in [2.24, 2.45) is 10.4 Å². The quantitative estimate of drug-likeness (QED) is 0.666. The molecule has 0 unspecified atom stereocenters. The Labute approximate surface area is 161 Å². The third-order valence-corrected chi connectivity index (χ3v) is 5.98. The minimum absolute atomic E-state index is 0.541. The molecule has 0 radical (unpaired) electrons. The number of imidazole rings is 1. The summed E-state index contributed by atoms with van der Waals surface area (Å²) in [6.45, 7) is 6.00. The molecule has 2 fully saturated rings. The summed E-state index contributed by atoms with van der Waals surface area (Å²) in [5.41, 5.74) is 1.70. The number of aromatic nitrogens is 3. The van der Waals surface area contributed by atoms with Crippen LogP contribution in [0.4, 0.5) is 0 Å². The zero-order chi connectivity index (χ0) is 18.5. The van der Waals surface area contributed by atoms with Gasteiger partial charge in [-0.2, -0.15) is 0 Å².